The summed E-state index contributed by atoms with van der Waals surface area (Å²) in [5, 5.41) is 3.44. The Morgan fingerprint density at radius 3 is 2.42 bits per heavy atom. The highest BCUT2D eigenvalue weighted by atomic mass is 16.7. The molecule has 8 nitrogen and oxygen atoms in total. The monoisotopic (exact) mass is 445 g/mol. The van der Waals surface area contributed by atoms with Crippen LogP contribution in [-0.2, 0) is 0 Å². The van der Waals surface area contributed by atoms with Gasteiger partial charge in [0, 0.05) is 16.5 Å². The van der Waals surface area contributed by atoms with Crippen molar-refractivity contribution in [2.75, 3.05) is 26.3 Å². The second-order valence-corrected chi connectivity index (χ2v) is 7.22. The van der Waals surface area contributed by atoms with Crippen LogP contribution in [0, 0.1) is 0 Å². The fraction of sp³-hybridized carbons (Fsp3) is 0.120. The number of carbonyl (C=O) groups is 2. The number of ketones is 1. The van der Waals surface area contributed by atoms with Gasteiger partial charge < -0.3 is 28.7 Å². The number of para-hydroxylation sites is 1. The Hall–Kier alpha value is -4.46. The van der Waals surface area contributed by atoms with Gasteiger partial charge in [-0.25, -0.2) is 0 Å². The summed E-state index contributed by atoms with van der Waals surface area (Å²) < 4.78 is 27.1. The van der Waals surface area contributed by atoms with E-state index in [2.05, 4.69) is 5.32 Å². The van der Waals surface area contributed by atoms with Gasteiger partial charge in [-0.1, -0.05) is 12.1 Å². The van der Waals surface area contributed by atoms with E-state index in [0.29, 0.717) is 45.1 Å². The van der Waals surface area contributed by atoms with Crippen molar-refractivity contribution in [1.82, 2.24) is 0 Å². The average Bonchev–Trinajstić information content (AvgIpc) is 3.47. The number of nitrogens with one attached hydrogen (secondary N) is 1. The number of carbonyl (C=O) groups excluding carboxylic acids is 2. The van der Waals surface area contributed by atoms with Gasteiger partial charge in [0.05, 0.1) is 19.9 Å². The molecule has 0 aliphatic carbocycles. The number of hydrogen-bond acceptors (Lipinski definition) is 7. The maximum atomic E-state index is 13.4. The molecule has 0 bridgehead atoms. The van der Waals surface area contributed by atoms with Crippen LogP contribution in [0.15, 0.2) is 65.1 Å². The Balaban J connectivity index is 1.54. The summed E-state index contributed by atoms with van der Waals surface area (Å²) in [6.45, 7) is 0.101. The molecule has 0 atom stereocenters. The largest absolute Gasteiger partial charge is 0.493 e. The molecule has 1 aliphatic rings. The molecule has 0 saturated heterocycles. The second-order valence-electron chi connectivity index (χ2n) is 7.22. The molecule has 0 unspecified atom stereocenters. The molecule has 1 N–H and O–H groups in total. The lowest BCUT2D eigenvalue weighted by atomic mass is 10.1. The molecule has 33 heavy (non-hydrogen) atoms. The van der Waals surface area contributed by atoms with Gasteiger partial charge in [-0.2, -0.15) is 0 Å². The molecule has 0 fully saturated rings. The molecular weight excluding hydrogens is 426 g/mol. The van der Waals surface area contributed by atoms with Crippen molar-refractivity contribution in [3.05, 3.63) is 77.6 Å². The van der Waals surface area contributed by atoms with E-state index < -0.39 is 11.7 Å². The molecule has 4 aromatic rings. The minimum absolute atomic E-state index is 0.0175. The lowest BCUT2D eigenvalue weighted by Crippen LogP contribution is -2.14. The Bertz CT molecular complexity index is 1390. The van der Waals surface area contributed by atoms with E-state index in [4.69, 9.17) is 23.4 Å². The first-order valence-electron chi connectivity index (χ1n) is 10.1. The zero-order valence-electron chi connectivity index (χ0n) is 17.8. The Labute approximate surface area is 188 Å². The first-order valence-corrected chi connectivity index (χ1v) is 10.1. The van der Waals surface area contributed by atoms with Crippen LogP contribution in [0.3, 0.4) is 0 Å². The van der Waals surface area contributed by atoms with Crippen molar-refractivity contribution in [2.24, 2.45) is 0 Å². The number of ether oxygens (including phenoxy) is 4. The predicted octanol–water partition coefficient (Wildman–Crippen LogP) is 4.66. The van der Waals surface area contributed by atoms with Gasteiger partial charge in [0.2, 0.25) is 12.6 Å². The van der Waals surface area contributed by atoms with E-state index in [1.807, 2.05) is 0 Å². The van der Waals surface area contributed by atoms with Crippen LogP contribution in [0.2, 0.25) is 0 Å². The average molecular weight is 445 g/mol. The van der Waals surface area contributed by atoms with E-state index in [9.17, 15) is 9.59 Å². The standard InChI is InChI=1S/C25H19NO7/c1-29-18-9-8-15(12-20(18)30-2)25(28)26-22-16-5-3-4-6-17(16)33-24(22)23(27)14-7-10-19-21(11-14)32-13-31-19/h3-12H,13H2,1-2H3,(H,26,28). The Kier molecular flexibility index (Phi) is 5.10. The maximum Gasteiger partial charge on any atom is 0.255 e. The quantitative estimate of drug-likeness (QED) is 0.431. The fourth-order valence-electron chi connectivity index (χ4n) is 3.66. The number of amides is 1. The van der Waals surface area contributed by atoms with Crippen LogP contribution >= 0.6 is 0 Å². The van der Waals surface area contributed by atoms with Gasteiger partial charge in [0.25, 0.3) is 5.91 Å². The molecule has 0 saturated carbocycles. The van der Waals surface area contributed by atoms with Gasteiger partial charge in [0.15, 0.2) is 28.8 Å². The minimum atomic E-state index is -0.428. The smallest absolute Gasteiger partial charge is 0.255 e. The van der Waals surface area contributed by atoms with Crippen LogP contribution in [0.1, 0.15) is 26.5 Å². The summed E-state index contributed by atoms with van der Waals surface area (Å²) >= 11 is 0. The summed E-state index contributed by atoms with van der Waals surface area (Å²) in [6, 6.07) is 16.8. The van der Waals surface area contributed by atoms with E-state index in [-0.39, 0.29) is 18.2 Å². The summed E-state index contributed by atoms with van der Waals surface area (Å²) in [7, 11) is 3.01. The number of hydrogen-bond donors (Lipinski definition) is 1. The zero-order valence-corrected chi connectivity index (χ0v) is 17.8. The van der Waals surface area contributed by atoms with E-state index in [1.54, 1.807) is 60.7 Å². The van der Waals surface area contributed by atoms with Crippen LogP contribution in [-0.4, -0.2) is 32.7 Å². The van der Waals surface area contributed by atoms with Crippen molar-refractivity contribution in [1.29, 1.82) is 0 Å². The molecule has 2 heterocycles. The van der Waals surface area contributed by atoms with Crippen molar-refractivity contribution in [3.63, 3.8) is 0 Å². The summed E-state index contributed by atoms with van der Waals surface area (Å²) in [5.41, 5.74) is 1.44. The van der Waals surface area contributed by atoms with Crippen LogP contribution < -0.4 is 24.3 Å². The van der Waals surface area contributed by atoms with Crippen LogP contribution in [0.4, 0.5) is 5.69 Å². The van der Waals surface area contributed by atoms with Gasteiger partial charge >= 0.3 is 0 Å². The van der Waals surface area contributed by atoms with Gasteiger partial charge in [-0.05, 0) is 48.5 Å². The first-order chi connectivity index (χ1) is 16.1. The maximum absolute atomic E-state index is 13.4. The molecule has 1 aromatic heterocycles. The third kappa shape index (κ3) is 3.61. The number of benzene rings is 3. The highest BCUT2D eigenvalue weighted by Crippen LogP contribution is 2.37. The molecule has 1 amide bonds. The molecule has 3 aromatic carbocycles. The summed E-state index contributed by atoms with van der Waals surface area (Å²) in [4.78, 5) is 26.5. The predicted molar refractivity (Wildman–Crippen MR) is 120 cm³/mol. The van der Waals surface area contributed by atoms with Gasteiger partial charge in [0.1, 0.15) is 5.58 Å². The molecule has 0 spiro atoms. The van der Waals surface area contributed by atoms with Crippen molar-refractivity contribution < 1.29 is 33.0 Å². The Morgan fingerprint density at radius 1 is 0.848 bits per heavy atom. The number of methoxy groups -OCH3 is 2. The number of anilines is 1. The zero-order chi connectivity index (χ0) is 22.9. The molecule has 5 rings (SSSR count). The molecule has 0 radical (unpaired) electrons. The van der Waals surface area contributed by atoms with Crippen molar-refractivity contribution in [2.45, 2.75) is 0 Å². The molecule has 1 aliphatic heterocycles. The lowest BCUT2D eigenvalue weighted by Gasteiger charge is -2.10. The lowest BCUT2D eigenvalue weighted by molar-refractivity contribution is 0.101. The second kappa shape index (κ2) is 8.23. The summed E-state index contributed by atoms with van der Waals surface area (Å²) in [5.74, 6) is 1.16. The fourth-order valence-corrected chi connectivity index (χ4v) is 3.66. The van der Waals surface area contributed by atoms with Crippen LogP contribution in [0.25, 0.3) is 11.0 Å². The van der Waals surface area contributed by atoms with Crippen molar-refractivity contribution in [3.8, 4) is 23.0 Å². The third-order valence-corrected chi connectivity index (χ3v) is 5.32. The van der Waals surface area contributed by atoms with E-state index in [0.717, 1.165) is 0 Å². The Morgan fingerprint density at radius 2 is 1.61 bits per heavy atom. The summed E-state index contributed by atoms with van der Waals surface area (Å²) in [6.07, 6.45) is 0. The van der Waals surface area contributed by atoms with E-state index in [1.165, 1.54) is 14.2 Å². The number of fused-ring (bicyclic) bond motifs is 2. The van der Waals surface area contributed by atoms with Crippen molar-refractivity contribution >= 4 is 28.3 Å². The van der Waals surface area contributed by atoms with Gasteiger partial charge in [-0.3, -0.25) is 9.59 Å². The topological polar surface area (TPSA) is 96.2 Å². The molecule has 8 heteroatoms. The third-order valence-electron chi connectivity index (χ3n) is 5.32. The highest BCUT2D eigenvalue weighted by Gasteiger charge is 2.26. The normalized spacial score (nSPS) is 11.9. The SMILES string of the molecule is COc1ccc(C(=O)Nc2c(C(=O)c3ccc4c(c3)OCO4)oc3ccccc23)cc1OC. The molecule has 166 valence electrons. The van der Waals surface area contributed by atoms with Crippen LogP contribution in [0.5, 0.6) is 23.0 Å². The molecular formula is C25H19NO7. The highest BCUT2D eigenvalue weighted by molar-refractivity contribution is 6.19. The number of furan rings is 1. The van der Waals surface area contributed by atoms with E-state index >= 15 is 0 Å². The van der Waals surface area contributed by atoms with Gasteiger partial charge in [-0.15, -0.1) is 0 Å². The first kappa shape index (κ1) is 20.4. The number of rotatable bonds is 6. The minimum Gasteiger partial charge on any atom is -0.493 e.